The lowest BCUT2D eigenvalue weighted by atomic mass is 10.1. The highest BCUT2D eigenvalue weighted by Crippen LogP contribution is 2.29. The molecule has 2 aliphatic rings. The van der Waals surface area contributed by atoms with Gasteiger partial charge in [0.2, 0.25) is 10.0 Å². The van der Waals surface area contributed by atoms with Crippen LogP contribution in [0, 0.1) is 0 Å². The van der Waals surface area contributed by atoms with Crippen LogP contribution in [0.1, 0.15) is 12.5 Å². The summed E-state index contributed by atoms with van der Waals surface area (Å²) < 4.78 is 29.3. The first-order valence-corrected chi connectivity index (χ1v) is 12.7. The van der Waals surface area contributed by atoms with Crippen LogP contribution < -0.4 is 10.2 Å². The van der Waals surface area contributed by atoms with Crippen molar-refractivity contribution >= 4 is 43.9 Å². The van der Waals surface area contributed by atoms with E-state index in [1.807, 2.05) is 35.4 Å². The fourth-order valence-electron chi connectivity index (χ4n) is 4.26. The third-order valence-electron chi connectivity index (χ3n) is 6.05. The van der Waals surface area contributed by atoms with Crippen LogP contribution in [0.4, 0.5) is 5.69 Å². The number of allylic oxidation sites excluding steroid dienone is 1. The Kier molecular flexibility index (Phi) is 5.96. The van der Waals surface area contributed by atoms with Gasteiger partial charge in [-0.25, -0.2) is 13.4 Å². The van der Waals surface area contributed by atoms with Gasteiger partial charge in [-0.1, -0.05) is 11.6 Å². The molecule has 8 nitrogen and oxygen atoms in total. The van der Waals surface area contributed by atoms with Crippen molar-refractivity contribution in [1.82, 2.24) is 19.2 Å². The molecule has 33 heavy (non-hydrogen) atoms. The highest BCUT2D eigenvalue weighted by Gasteiger charge is 2.26. The second kappa shape index (κ2) is 8.90. The average molecular weight is 485 g/mol. The maximum absolute atomic E-state index is 12.9. The lowest BCUT2D eigenvalue weighted by Gasteiger charge is -2.27. The van der Waals surface area contributed by atoms with E-state index in [1.165, 1.54) is 4.31 Å². The molecule has 0 spiro atoms. The number of nitrogens with zero attached hydrogens (tertiary/aromatic N) is 5. The zero-order chi connectivity index (χ0) is 23.0. The molecule has 1 saturated heterocycles. The number of rotatable bonds is 5. The van der Waals surface area contributed by atoms with Gasteiger partial charge in [-0.15, -0.1) is 0 Å². The van der Waals surface area contributed by atoms with Crippen molar-refractivity contribution in [2.75, 3.05) is 37.7 Å². The van der Waals surface area contributed by atoms with Gasteiger partial charge >= 0.3 is 0 Å². The SMILES string of the molecule is CCn1cc(C2=NCN(c3ccc(S(=O)(=O)N4CCNCC4)cc3)C=C2)c2ccnc(Cl)c21. The topological polar surface area (TPSA) is 82.8 Å². The molecule has 2 aliphatic heterocycles. The molecule has 1 N–H and O–H groups in total. The summed E-state index contributed by atoms with van der Waals surface area (Å²) in [4.78, 5) is 11.3. The molecule has 10 heteroatoms. The van der Waals surface area contributed by atoms with Crippen LogP contribution in [0.25, 0.3) is 10.9 Å². The van der Waals surface area contributed by atoms with Gasteiger partial charge in [0, 0.05) is 68.0 Å². The second-order valence-electron chi connectivity index (χ2n) is 7.95. The van der Waals surface area contributed by atoms with Crippen LogP contribution in [0.3, 0.4) is 0 Å². The maximum Gasteiger partial charge on any atom is 0.243 e. The van der Waals surface area contributed by atoms with E-state index in [1.54, 1.807) is 18.3 Å². The largest absolute Gasteiger partial charge is 0.345 e. The molecule has 3 aromatic rings. The minimum Gasteiger partial charge on any atom is -0.345 e. The highest BCUT2D eigenvalue weighted by molar-refractivity contribution is 7.89. The van der Waals surface area contributed by atoms with Gasteiger partial charge in [-0.2, -0.15) is 4.31 Å². The normalized spacial score (nSPS) is 17.5. The van der Waals surface area contributed by atoms with Crippen LogP contribution in [0.2, 0.25) is 5.15 Å². The predicted octanol–water partition coefficient (Wildman–Crippen LogP) is 3.08. The molecule has 0 unspecified atom stereocenters. The molecule has 172 valence electrons. The zero-order valence-corrected chi connectivity index (χ0v) is 19.8. The zero-order valence-electron chi connectivity index (χ0n) is 18.3. The molecular weight excluding hydrogens is 460 g/mol. The van der Waals surface area contributed by atoms with Crippen LogP contribution in [0.5, 0.6) is 0 Å². The Morgan fingerprint density at radius 1 is 1.12 bits per heavy atom. The fourth-order valence-corrected chi connectivity index (χ4v) is 5.97. The lowest BCUT2D eigenvalue weighted by molar-refractivity contribution is 0.360. The van der Waals surface area contributed by atoms with E-state index in [0.29, 0.717) is 42.9 Å². The number of benzene rings is 1. The Morgan fingerprint density at radius 2 is 1.88 bits per heavy atom. The van der Waals surface area contributed by atoms with Crippen molar-refractivity contribution < 1.29 is 8.42 Å². The van der Waals surface area contributed by atoms with Crippen molar-refractivity contribution in [2.45, 2.75) is 18.4 Å². The number of pyridine rings is 1. The van der Waals surface area contributed by atoms with Gasteiger partial charge in [0.15, 0.2) is 5.15 Å². The first-order chi connectivity index (χ1) is 16.0. The minimum absolute atomic E-state index is 0.316. The summed E-state index contributed by atoms with van der Waals surface area (Å²) in [6.07, 6.45) is 7.72. The van der Waals surface area contributed by atoms with Crippen LogP contribution in [-0.4, -0.2) is 60.8 Å². The number of anilines is 1. The fraction of sp³-hybridized carbons (Fsp3) is 0.304. The van der Waals surface area contributed by atoms with Crippen molar-refractivity contribution in [3.63, 3.8) is 0 Å². The number of piperazine rings is 1. The molecule has 4 heterocycles. The van der Waals surface area contributed by atoms with Gasteiger partial charge in [0.05, 0.1) is 16.1 Å². The van der Waals surface area contributed by atoms with Gasteiger partial charge in [-0.3, -0.25) is 4.99 Å². The second-order valence-corrected chi connectivity index (χ2v) is 10.2. The molecule has 0 aliphatic carbocycles. The third-order valence-corrected chi connectivity index (χ3v) is 8.24. The Morgan fingerprint density at radius 3 is 2.55 bits per heavy atom. The summed E-state index contributed by atoms with van der Waals surface area (Å²) in [6.45, 7) is 5.63. The van der Waals surface area contributed by atoms with Crippen molar-refractivity contribution in [2.24, 2.45) is 4.99 Å². The number of halogens is 1. The van der Waals surface area contributed by atoms with Crippen molar-refractivity contribution in [1.29, 1.82) is 0 Å². The third kappa shape index (κ3) is 4.06. The Hall–Kier alpha value is -2.72. The quantitative estimate of drug-likeness (QED) is 0.563. The highest BCUT2D eigenvalue weighted by atomic mass is 35.5. The molecule has 1 fully saturated rings. The first-order valence-electron chi connectivity index (χ1n) is 10.9. The Bertz CT molecular complexity index is 1340. The summed E-state index contributed by atoms with van der Waals surface area (Å²) in [7, 11) is -3.47. The van der Waals surface area contributed by atoms with E-state index in [-0.39, 0.29) is 0 Å². The van der Waals surface area contributed by atoms with Crippen molar-refractivity contribution in [3.05, 3.63) is 65.7 Å². The lowest BCUT2D eigenvalue weighted by Crippen LogP contribution is -2.46. The molecule has 0 atom stereocenters. The minimum atomic E-state index is -3.47. The van der Waals surface area contributed by atoms with Crippen LogP contribution >= 0.6 is 11.6 Å². The van der Waals surface area contributed by atoms with Gasteiger partial charge in [0.1, 0.15) is 6.67 Å². The maximum atomic E-state index is 12.9. The van der Waals surface area contributed by atoms with Crippen LogP contribution in [0.15, 0.2) is 64.9 Å². The molecule has 2 aromatic heterocycles. The van der Waals surface area contributed by atoms with Gasteiger partial charge < -0.3 is 14.8 Å². The number of aromatic nitrogens is 2. The summed E-state index contributed by atoms with van der Waals surface area (Å²) in [6, 6.07) is 8.96. The smallest absolute Gasteiger partial charge is 0.243 e. The number of hydrogen-bond donors (Lipinski definition) is 1. The van der Waals surface area contributed by atoms with E-state index < -0.39 is 10.0 Å². The standard InChI is InChI=1S/C23H25ClN6O2S/c1-2-28-15-20(19-7-9-26-23(24)22(19)28)21-8-12-29(16-27-21)17-3-5-18(6-4-17)33(31,32)30-13-10-25-11-14-30/h3-9,12,15,25H,2,10-11,13-14,16H2,1H3. The van der Waals surface area contributed by atoms with E-state index in [4.69, 9.17) is 16.6 Å². The molecule has 1 aromatic carbocycles. The molecule has 0 radical (unpaired) electrons. The number of aliphatic imine (C=N–C) groups is 1. The summed E-state index contributed by atoms with van der Waals surface area (Å²) >= 11 is 6.34. The average Bonchev–Trinajstić information content (AvgIpc) is 3.25. The number of fused-ring (bicyclic) bond motifs is 1. The van der Waals surface area contributed by atoms with E-state index >= 15 is 0 Å². The van der Waals surface area contributed by atoms with Crippen LogP contribution in [-0.2, 0) is 16.6 Å². The molecule has 0 saturated carbocycles. The molecule has 0 amide bonds. The van der Waals surface area contributed by atoms with E-state index in [9.17, 15) is 8.42 Å². The summed E-state index contributed by atoms with van der Waals surface area (Å²) in [5.74, 6) is 0. The Balaban J connectivity index is 1.35. The van der Waals surface area contributed by atoms with E-state index in [0.717, 1.165) is 34.4 Å². The Labute approximate surface area is 198 Å². The van der Waals surface area contributed by atoms with Crippen molar-refractivity contribution in [3.8, 4) is 0 Å². The molecular formula is C23H25ClN6O2S. The monoisotopic (exact) mass is 484 g/mol. The number of aryl methyl sites for hydroxylation is 1. The summed E-state index contributed by atoms with van der Waals surface area (Å²) in [5.41, 5.74) is 3.70. The number of hydrogen-bond acceptors (Lipinski definition) is 6. The molecule has 0 bridgehead atoms. The predicted molar refractivity (Wildman–Crippen MR) is 132 cm³/mol. The van der Waals surface area contributed by atoms with Gasteiger partial charge in [0.25, 0.3) is 0 Å². The molecule has 5 rings (SSSR count). The first kappa shape index (κ1) is 22.1. The number of sulfonamides is 1. The van der Waals surface area contributed by atoms with E-state index in [2.05, 4.69) is 28.0 Å². The number of nitrogens with one attached hydrogen (secondary N) is 1. The summed E-state index contributed by atoms with van der Waals surface area (Å²) in [5, 5.41) is 4.69. The van der Waals surface area contributed by atoms with Gasteiger partial charge in [-0.05, 0) is 43.3 Å².